The van der Waals surface area contributed by atoms with Gasteiger partial charge in [0.2, 0.25) is 0 Å². The molecule has 71 heavy (non-hydrogen) atoms. The molecule has 344 valence electrons. The lowest BCUT2D eigenvalue weighted by atomic mass is 9.96. The molecule has 0 saturated carbocycles. The lowest BCUT2D eigenvalue weighted by molar-refractivity contribution is 0.111. The number of ether oxygens (including phenoxy) is 2. The monoisotopic (exact) mass is 922 g/mol. The van der Waals surface area contributed by atoms with Gasteiger partial charge in [0.25, 0.3) is 0 Å². The molecular formula is C65H50N2O4. The molecule has 2 N–H and O–H groups in total. The van der Waals surface area contributed by atoms with Gasteiger partial charge < -0.3 is 28.8 Å². The molecule has 0 fully saturated rings. The molecule has 0 aliphatic carbocycles. The minimum absolute atomic E-state index is 0.164. The number of para-hydroxylation sites is 6. The van der Waals surface area contributed by atoms with Gasteiger partial charge in [0.1, 0.15) is 35.2 Å². The molecule has 10 aromatic carbocycles. The van der Waals surface area contributed by atoms with E-state index in [0.717, 1.165) is 77.0 Å². The van der Waals surface area contributed by atoms with Crippen molar-refractivity contribution >= 4 is 43.6 Å². The lowest BCUT2D eigenvalue weighted by Gasteiger charge is -2.28. The summed E-state index contributed by atoms with van der Waals surface area (Å²) in [4.78, 5) is 0. The Bertz CT molecular complexity index is 3570. The maximum Gasteiger partial charge on any atom is 0.147 e. The van der Waals surface area contributed by atoms with Gasteiger partial charge in [0.15, 0.2) is 0 Å². The number of aromatic hydroxyl groups is 2. The second kappa shape index (κ2) is 18.1. The van der Waals surface area contributed by atoms with Crippen LogP contribution >= 0.6 is 0 Å². The Hall–Kier alpha value is -9.00. The average molecular weight is 923 g/mol. The largest absolute Gasteiger partial charge is 0.505 e. The molecule has 0 aliphatic rings. The molecule has 12 rings (SSSR count). The number of hydrogen-bond acceptors (Lipinski definition) is 4. The standard InChI is InChI=1S/C65H50N2O4/c1-42-37-52(64(68)58(39-42)66-54-31-15-9-25-46(54)47-26-10-16-32-55(47)66)50-29-13-19-35-60(50)70-62(44-21-5-3-6-22-44)41-63(45-23-7-4-8-24-45)71-61-36-20-14-30-51(61)53-38-43(2)40-59(65(53)69)67-56-33-17-11-27-48(56)49-28-12-18-34-57(49)67/h3-40,62-63,68-69H,41H2,1-2H3/t62-,63-/m0/s1. The van der Waals surface area contributed by atoms with E-state index in [-0.39, 0.29) is 11.5 Å². The van der Waals surface area contributed by atoms with Crippen LogP contribution in [-0.4, -0.2) is 19.3 Å². The average Bonchev–Trinajstić information content (AvgIpc) is 3.93. The van der Waals surface area contributed by atoms with Crippen molar-refractivity contribution in [2.75, 3.05) is 0 Å². The highest BCUT2D eigenvalue weighted by Gasteiger charge is 2.28. The van der Waals surface area contributed by atoms with Crippen molar-refractivity contribution in [3.8, 4) is 56.6 Å². The van der Waals surface area contributed by atoms with E-state index in [4.69, 9.17) is 9.47 Å². The van der Waals surface area contributed by atoms with E-state index in [2.05, 4.69) is 132 Å². The summed E-state index contributed by atoms with van der Waals surface area (Å²) >= 11 is 0. The highest BCUT2D eigenvalue weighted by Crippen LogP contribution is 2.47. The molecular weight excluding hydrogens is 873 g/mol. The Morgan fingerprint density at radius 2 is 0.662 bits per heavy atom. The summed E-state index contributed by atoms with van der Waals surface area (Å²) in [7, 11) is 0. The fourth-order valence-corrected chi connectivity index (χ4v) is 10.6. The predicted molar refractivity (Wildman–Crippen MR) is 289 cm³/mol. The third-order valence-corrected chi connectivity index (χ3v) is 13.8. The fraction of sp³-hybridized carbons (Fsp3) is 0.0769. The zero-order valence-electron chi connectivity index (χ0n) is 39.4. The minimum Gasteiger partial charge on any atom is -0.505 e. The number of rotatable bonds is 12. The maximum atomic E-state index is 12.5. The number of nitrogens with zero attached hydrogens (tertiary/aromatic N) is 2. The van der Waals surface area contributed by atoms with Crippen LogP contribution < -0.4 is 9.47 Å². The van der Waals surface area contributed by atoms with Crippen molar-refractivity contribution in [1.82, 2.24) is 9.13 Å². The maximum absolute atomic E-state index is 12.5. The van der Waals surface area contributed by atoms with E-state index in [9.17, 15) is 10.2 Å². The number of hydrogen-bond donors (Lipinski definition) is 2. The van der Waals surface area contributed by atoms with Crippen molar-refractivity contribution in [2.24, 2.45) is 0 Å². The summed E-state index contributed by atoms with van der Waals surface area (Å²) < 4.78 is 18.9. The first kappa shape index (κ1) is 43.3. The molecule has 6 nitrogen and oxygen atoms in total. The van der Waals surface area contributed by atoms with Crippen LogP contribution in [0.3, 0.4) is 0 Å². The number of aromatic nitrogens is 2. The first-order valence-corrected chi connectivity index (χ1v) is 24.2. The molecule has 0 saturated heterocycles. The van der Waals surface area contributed by atoms with E-state index in [1.807, 2.05) is 121 Å². The summed E-state index contributed by atoms with van der Waals surface area (Å²) in [5, 5.41) is 29.5. The van der Waals surface area contributed by atoms with E-state index in [1.54, 1.807) is 0 Å². The smallest absolute Gasteiger partial charge is 0.147 e. The van der Waals surface area contributed by atoms with Gasteiger partial charge in [-0.2, -0.15) is 0 Å². The fourth-order valence-electron chi connectivity index (χ4n) is 10.6. The van der Waals surface area contributed by atoms with E-state index >= 15 is 0 Å². The minimum atomic E-state index is -0.493. The SMILES string of the molecule is Cc1cc(-c2ccccc2O[C@@H](C[C@H](Oc2ccccc2-c2cc(C)cc(-n3c4ccccc4c4ccccc43)c2O)c2ccccc2)c2ccccc2)c(O)c(-n2c3ccccc3c3ccccc32)c1. The zero-order chi connectivity index (χ0) is 48.0. The molecule has 6 heteroatoms. The molecule has 0 spiro atoms. The van der Waals surface area contributed by atoms with Crippen molar-refractivity contribution < 1.29 is 19.7 Å². The van der Waals surface area contributed by atoms with Crippen LogP contribution in [0.4, 0.5) is 0 Å². The van der Waals surface area contributed by atoms with E-state index in [0.29, 0.717) is 40.4 Å². The molecule has 2 heterocycles. The van der Waals surface area contributed by atoms with Gasteiger partial charge in [-0.3, -0.25) is 0 Å². The van der Waals surface area contributed by atoms with Gasteiger partial charge in [-0.1, -0.05) is 170 Å². The van der Waals surface area contributed by atoms with Gasteiger partial charge in [0.05, 0.1) is 33.4 Å². The second-order valence-electron chi connectivity index (χ2n) is 18.4. The Morgan fingerprint density at radius 3 is 1.03 bits per heavy atom. The quantitative estimate of drug-likeness (QED) is 0.128. The van der Waals surface area contributed by atoms with Crippen LogP contribution in [0.1, 0.15) is 40.9 Å². The van der Waals surface area contributed by atoms with Crippen molar-refractivity contribution in [3.05, 3.63) is 253 Å². The zero-order valence-corrected chi connectivity index (χ0v) is 39.4. The third-order valence-electron chi connectivity index (χ3n) is 13.8. The molecule has 0 bridgehead atoms. The highest BCUT2D eigenvalue weighted by molar-refractivity contribution is 6.10. The summed E-state index contributed by atoms with van der Waals surface area (Å²) in [6.45, 7) is 4.13. The summed E-state index contributed by atoms with van der Waals surface area (Å²) in [6.07, 6.45) is -0.560. The number of benzene rings is 10. The lowest BCUT2D eigenvalue weighted by Crippen LogP contribution is -2.17. The Kier molecular flexibility index (Phi) is 11.1. The van der Waals surface area contributed by atoms with Crippen LogP contribution in [0.2, 0.25) is 0 Å². The molecule has 2 atom stereocenters. The van der Waals surface area contributed by atoms with Gasteiger partial charge >= 0.3 is 0 Å². The first-order chi connectivity index (χ1) is 34.9. The third kappa shape index (κ3) is 7.80. The number of aryl methyl sites for hydroxylation is 2. The Labute approximate surface area is 412 Å². The molecule has 0 unspecified atom stereocenters. The van der Waals surface area contributed by atoms with Crippen LogP contribution in [0.15, 0.2) is 231 Å². The van der Waals surface area contributed by atoms with Crippen molar-refractivity contribution in [1.29, 1.82) is 0 Å². The van der Waals surface area contributed by atoms with Gasteiger partial charge in [-0.05, 0) is 96.8 Å². The topological polar surface area (TPSA) is 68.8 Å². The van der Waals surface area contributed by atoms with Crippen molar-refractivity contribution in [3.63, 3.8) is 0 Å². The number of phenols is 2. The van der Waals surface area contributed by atoms with Crippen LogP contribution in [0, 0.1) is 13.8 Å². The summed E-state index contributed by atoms with van der Waals surface area (Å²) in [6, 6.07) is 78.0. The van der Waals surface area contributed by atoms with Gasteiger partial charge in [-0.15, -0.1) is 0 Å². The van der Waals surface area contributed by atoms with E-state index < -0.39 is 12.2 Å². The van der Waals surface area contributed by atoms with Crippen LogP contribution in [0.5, 0.6) is 23.0 Å². The molecule has 12 aromatic rings. The normalized spacial score (nSPS) is 12.4. The summed E-state index contributed by atoms with van der Waals surface area (Å²) in [5.41, 5.74) is 12.3. The van der Waals surface area contributed by atoms with Gasteiger partial charge in [-0.25, -0.2) is 0 Å². The highest BCUT2D eigenvalue weighted by atomic mass is 16.5. The molecule has 0 aliphatic heterocycles. The second-order valence-corrected chi connectivity index (χ2v) is 18.4. The van der Waals surface area contributed by atoms with Crippen LogP contribution in [-0.2, 0) is 0 Å². The van der Waals surface area contributed by atoms with Gasteiger partial charge in [0, 0.05) is 50.2 Å². The van der Waals surface area contributed by atoms with E-state index in [1.165, 1.54) is 0 Å². The Morgan fingerprint density at radius 1 is 0.352 bits per heavy atom. The molecule has 0 radical (unpaired) electrons. The molecule has 0 amide bonds. The predicted octanol–water partition coefficient (Wildman–Crippen LogP) is 16.6. The number of fused-ring (bicyclic) bond motifs is 6. The van der Waals surface area contributed by atoms with Crippen LogP contribution in [0.25, 0.3) is 77.2 Å². The Balaban J connectivity index is 0.941. The summed E-state index contributed by atoms with van der Waals surface area (Å²) in [5.74, 6) is 1.59. The molecule has 2 aromatic heterocycles. The first-order valence-electron chi connectivity index (χ1n) is 24.2. The number of phenolic OH excluding ortho intramolecular Hbond substituents is 2. The van der Waals surface area contributed by atoms with Crippen molar-refractivity contribution in [2.45, 2.75) is 32.5 Å².